The van der Waals surface area contributed by atoms with Gasteiger partial charge in [0.1, 0.15) is 12.4 Å². The topological polar surface area (TPSA) is 87.2 Å². The molecule has 0 radical (unpaired) electrons. The molecule has 1 aliphatic heterocycles. The van der Waals surface area contributed by atoms with Crippen molar-refractivity contribution in [3.63, 3.8) is 0 Å². The molecule has 5 aromatic rings. The second-order valence-corrected chi connectivity index (χ2v) is 10.4. The summed E-state index contributed by atoms with van der Waals surface area (Å²) in [6, 6.07) is 14.1. The number of nitrogens with one attached hydrogen (secondary N) is 1. The van der Waals surface area contributed by atoms with Gasteiger partial charge < -0.3 is 14.6 Å². The van der Waals surface area contributed by atoms with E-state index in [2.05, 4.69) is 56.1 Å². The molecule has 5 heterocycles. The Bertz CT molecular complexity index is 1620. The van der Waals surface area contributed by atoms with Gasteiger partial charge in [0, 0.05) is 54.9 Å². The fourth-order valence-electron chi connectivity index (χ4n) is 4.48. The summed E-state index contributed by atoms with van der Waals surface area (Å²) < 4.78 is 5.96. The van der Waals surface area contributed by atoms with Crippen LogP contribution < -0.4 is 10.3 Å². The third-order valence-electron chi connectivity index (χ3n) is 6.56. The number of H-pyrrole nitrogens is 1. The Morgan fingerprint density at radius 2 is 1.92 bits per heavy atom. The predicted molar refractivity (Wildman–Crippen MR) is 144 cm³/mol. The quantitative estimate of drug-likeness (QED) is 0.389. The first-order valence-electron chi connectivity index (χ1n) is 11.9. The smallest absolute Gasteiger partial charge is 0.291 e. The number of pyridine rings is 3. The lowest BCUT2D eigenvalue weighted by Crippen LogP contribution is -2.45. The first-order valence-corrected chi connectivity index (χ1v) is 12.7. The molecule has 0 atom stereocenters. The Kier molecular flexibility index (Phi) is 5.96. The number of hydrogen-bond acceptors (Lipinski definition) is 8. The van der Waals surface area contributed by atoms with E-state index in [1.54, 1.807) is 23.6 Å². The third kappa shape index (κ3) is 4.48. The molecule has 0 spiro atoms. The Balaban J connectivity index is 1.43. The number of aryl methyl sites for hydroxylation is 1. The molecule has 182 valence electrons. The molecule has 36 heavy (non-hydrogen) atoms. The van der Waals surface area contributed by atoms with E-state index >= 15 is 0 Å². The largest absolute Gasteiger partial charge is 0.472 e. The van der Waals surface area contributed by atoms with E-state index in [9.17, 15) is 4.79 Å². The second kappa shape index (κ2) is 9.42. The van der Waals surface area contributed by atoms with Crippen molar-refractivity contribution < 1.29 is 4.74 Å². The minimum atomic E-state index is -0.278. The van der Waals surface area contributed by atoms with Crippen LogP contribution in [-0.2, 0) is 0 Å². The van der Waals surface area contributed by atoms with E-state index in [0.717, 1.165) is 69.2 Å². The van der Waals surface area contributed by atoms with Gasteiger partial charge in [-0.15, -0.1) is 11.3 Å². The van der Waals surface area contributed by atoms with E-state index in [4.69, 9.17) is 9.72 Å². The highest BCUT2D eigenvalue weighted by Gasteiger charge is 2.18. The zero-order valence-electron chi connectivity index (χ0n) is 20.2. The molecule has 1 fully saturated rings. The van der Waals surface area contributed by atoms with Gasteiger partial charge in [0.25, 0.3) is 5.56 Å². The molecule has 9 heteroatoms. The van der Waals surface area contributed by atoms with Gasteiger partial charge in [0.05, 0.1) is 21.1 Å². The van der Waals surface area contributed by atoms with Crippen molar-refractivity contribution in [2.75, 3.05) is 40.0 Å². The average molecular weight is 499 g/mol. The van der Waals surface area contributed by atoms with Crippen LogP contribution >= 0.6 is 11.3 Å². The molecule has 8 nitrogen and oxygen atoms in total. The normalized spacial score (nSPS) is 15.1. The Morgan fingerprint density at radius 3 is 2.72 bits per heavy atom. The van der Waals surface area contributed by atoms with E-state index < -0.39 is 0 Å². The second-order valence-electron chi connectivity index (χ2n) is 9.13. The molecule has 1 saturated heterocycles. The number of hydrogen-bond donors (Lipinski definition) is 1. The summed E-state index contributed by atoms with van der Waals surface area (Å²) in [6.45, 7) is 6.18. The number of likely N-dealkylation sites (N-methyl/N-ethyl adjacent to an activating group) is 1. The number of thiazole rings is 1. The molecular weight excluding hydrogens is 472 g/mol. The molecule has 1 aromatic carbocycles. The van der Waals surface area contributed by atoms with Crippen LogP contribution in [0.5, 0.6) is 5.75 Å². The zero-order valence-corrected chi connectivity index (χ0v) is 21.0. The average Bonchev–Trinajstić information content (AvgIpc) is 3.33. The molecule has 0 unspecified atom stereocenters. The van der Waals surface area contributed by atoms with Crippen LogP contribution in [0.2, 0.25) is 0 Å². The summed E-state index contributed by atoms with van der Waals surface area (Å²) >= 11 is 1.58. The van der Waals surface area contributed by atoms with Gasteiger partial charge in [0.15, 0.2) is 5.75 Å². The summed E-state index contributed by atoms with van der Waals surface area (Å²) in [7, 11) is 2.12. The van der Waals surface area contributed by atoms with Crippen molar-refractivity contribution in [1.29, 1.82) is 0 Å². The van der Waals surface area contributed by atoms with Crippen molar-refractivity contribution in [3.05, 3.63) is 70.2 Å². The number of benzene rings is 1. The maximum Gasteiger partial charge on any atom is 0.291 e. The minimum absolute atomic E-state index is 0.278. The van der Waals surface area contributed by atoms with Crippen LogP contribution in [0.4, 0.5) is 0 Å². The van der Waals surface area contributed by atoms with Gasteiger partial charge in [-0.05, 0) is 49.9 Å². The molecule has 6 rings (SSSR count). The monoisotopic (exact) mass is 498 g/mol. The van der Waals surface area contributed by atoms with Gasteiger partial charge in [-0.3, -0.25) is 14.7 Å². The molecule has 1 aliphatic rings. The number of ether oxygens (including phenoxy) is 1. The third-order valence-corrected chi connectivity index (χ3v) is 7.48. The number of fused-ring (bicyclic) bond motifs is 2. The van der Waals surface area contributed by atoms with Crippen LogP contribution in [0, 0.1) is 6.92 Å². The zero-order chi connectivity index (χ0) is 24.6. The lowest BCUT2D eigenvalue weighted by atomic mass is 10.00. The van der Waals surface area contributed by atoms with Gasteiger partial charge in [0.2, 0.25) is 0 Å². The molecule has 0 amide bonds. The van der Waals surface area contributed by atoms with Crippen molar-refractivity contribution in [2.45, 2.75) is 6.92 Å². The van der Waals surface area contributed by atoms with Crippen LogP contribution in [0.3, 0.4) is 0 Å². The number of piperazine rings is 1. The summed E-state index contributed by atoms with van der Waals surface area (Å²) in [4.78, 5) is 35.0. The fourth-order valence-corrected chi connectivity index (χ4v) is 5.26. The fraction of sp³-hybridized carbons (Fsp3) is 0.259. The van der Waals surface area contributed by atoms with Crippen molar-refractivity contribution in [3.8, 4) is 27.4 Å². The molecule has 0 aliphatic carbocycles. The molecule has 1 N–H and O–H groups in total. The van der Waals surface area contributed by atoms with Gasteiger partial charge >= 0.3 is 0 Å². The van der Waals surface area contributed by atoms with Gasteiger partial charge in [-0.25, -0.2) is 9.97 Å². The highest BCUT2D eigenvalue weighted by Crippen LogP contribution is 2.36. The minimum Gasteiger partial charge on any atom is -0.472 e. The molecular formula is C27H26N6O2S. The highest BCUT2D eigenvalue weighted by atomic mass is 32.1. The van der Waals surface area contributed by atoms with Gasteiger partial charge in [-0.1, -0.05) is 12.1 Å². The summed E-state index contributed by atoms with van der Waals surface area (Å²) in [6.07, 6.45) is 3.64. The van der Waals surface area contributed by atoms with Crippen molar-refractivity contribution in [1.82, 2.24) is 29.7 Å². The van der Waals surface area contributed by atoms with Crippen molar-refractivity contribution >= 4 is 33.3 Å². The Hall–Kier alpha value is -3.66. The number of aromatic amines is 1. The van der Waals surface area contributed by atoms with Crippen LogP contribution in [0.1, 0.15) is 5.01 Å². The lowest BCUT2D eigenvalue weighted by Gasteiger charge is -2.31. The van der Waals surface area contributed by atoms with Gasteiger partial charge in [-0.2, -0.15) is 0 Å². The van der Waals surface area contributed by atoms with E-state index in [1.165, 1.54) is 0 Å². The summed E-state index contributed by atoms with van der Waals surface area (Å²) in [5.74, 6) is 0.304. The van der Waals surface area contributed by atoms with Crippen LogP contribution in [-0.4, -0.2) is 69.7 Å². The maximum absolute atomic E-state index is 12.8. The number of nitrogens with zero attached hydrogens (tertiary/aromatic N) is 5. The predicted octanol–water partition coefficient (Wildman–Crippen LogP) is 4.15. The van der Waals surface area contributed by atoms with E-state index in [0.29, 0.717) is 18.1 Å². The Labute approximate surface area is 212 Å². The standard InChI is InChI=1S/C27H26N6O2S/c1-17-29-15-24(36-17)25-21(18-5-6-22-19(12-18)4-3-7-28-22)13-20-14-23(27(34)31-26(20)30-25)35-16-33-10-8-32(2)9-11-33/h3-7,12-15H,8-11,16H2,1-2H3,(H,30,31,34). The highest BCUT2D eigenvalue weighted by molar-refractivity contribution is 7.15. The molecule has 0 saturated carbocycles. The molecule has 0 bridgehead atoms. The Morgan fingerprint density at radius 1 is 1.06 bits per heavy atom. The first kappa shape index (κ1) is 22.8. The van der Waals surface area contributed by atoms with Crippen LogP contribution in [0.15, 0.2) is 59.7 Å². The lowest BCUT2D eigenvalue weighted by molar-refractivity contribution is 0.0755. The maximum atomic E-state index is 12.8. The van der Waals surface area contributed by atoms with Crippen LogP contribution in [0.25, 0.3) is 43.6 Å². The summed E-state index contributed by atoms with van der Waals surface area (Å²) in [5.41, 5.74) is 3.97. The summed E-state index contributed by atoms with van der Waals surface area (Å²) in [5, 5.41) is 2.83. The number of aromatic nitrogens is 4. The van der Waals surface area contributed by atoms with E-state index in [1.807, 2.05) is 25.3 Å². The molecule has 4 aromatic heterocycles. The first-order chi connectivity index (χ1) is 17.5. The number of rotatable bonds is 5. The van der Waals surface area contributed by atoms with Crippen molar-refractivity contribution in [2.24, 2.45) is 0 Å². The SMILES string of the molecule is Cc1ncc(-c2nc3[nH]c(=O)c(OCN4CCN(C)CC4)cc3cc2-c2ccc3ncccc3c2)s1. The van der Waals surface area contributed by atoms with E-state index in [-0.39, 0.29) is 5.56 Å².